The van der Waals surface area contributed by atoms with Crippen molar-refractivity contribution in [1.82, 2.24) is 0 Å². The molecule has 176 valence electrons. The van der Waals surface area contributed by atoms with Crippen LogP contribution in [0.3, 0.4) is 0 Å². The van der Waals surface area contributed by atoms with Gasteiger partial charge in [0.15, 0.2) is 0 Å². The van der Waals surface area contributed by atoms with Crippen LogP contribution in [0.25, 0.3) is 0 Å². The molecule has 4 heteroatoms. The number of carboxylic acids is 1. The molecule has 0 radical (unpaired) electrons. The molecule has 0 aliphatic carbocycles. The third-order valence-corrected chi connectivity index (χ3v) is 5.79. The molecule has 0 spiro atoms. The summed E-state index contributed by atoms with van der Waals surface area (Å²) in [6.45, 7) is 18.9. The molecule has 0 aromatic rings. The first-order valence-electron chi connectivity index (χ1n) is 12.3. The van der Waals surface area contributed by atoms with Crippen LogP contribution < -0.4 is 5.11 Å². The Kier molecular flexibility index (Phi) is 19.2. The molecule has 0 aromatic carbocycles. The van der Waals surface area contributed by atoms with Crippen molar-refractivity contribution in [2.45, 2.75) is 125 Å². The molecule has 4 nitrogen and oxygen atoms in total. The van der Waals surface area contributed by atoms with Crippen LogP contribution in [0.15, 0.2) is 0 Å². The Bertz CT molecular complexity index is 354. The molecule has 0 aromatic heterocycles. The van der Waals surface area contributed by atoms with E-state index in [2.05, 4.69) is 20.8 Å². The average Bonchev–Trinajstić information content (AvgIpc) is 2.62. The Balaban J connectivity index is 0. The zero-order chi connectivity index (χ0) is 22.8. The van der Waals surface area contributed by atoms with Crippen molar-refractivity contribution in [1.29, 1.82) is 0 Å². The molecule has 1 N–H and O–H groups in total. The van der Waals surface area contributed by atoms with Crippen molar-refractivity contribution in [3.8, 4) is 0 Å². The molecule has 0 rings (SSSR count). The summed E-state index contributed by atoms with van der Waals surface area (Å²) in [6, 6.07) is 0. The molecule has 0 fully saturated rings. The van der Waals surface area contributed by atoms with E-state index in [1.807, 2.05) is 13.8 Å². The van der Waals surface area contributed by atoms with Crippen LogP contribution in [0.1, 0.15) is 119 Å². The van der Waals surface area contributed by atoms with Crippen LogP contribution in [-0.4, -0.2) is 47.8 Å². The maximum atomic E-state index is 10.3. The molecule has 0 amide bonds. The van der Waals surface area contributed by atoms with E-state index in [9.17, 15) is 15.0 Å². The number of carbonyl (C=O) groups excluding carboxylic acids is 1. The number of hydrogen-bond donors (Lipinski definition) is 1. The minimum atomic E-state index is -0.954. The van der Waals surface area contributed by atoms with Crippen LogP contribution in [0.4, 0.5) is 0 Å². The highest BCUT2D eigenvalue weighted by Crippen LogP contribution is 2.20. The second kappa shape index (κ2) is 18.2. The first-order valence-corrected chi connectivity index (χ1v) is 12.3. The third kappa shape index (κ3) is 16.8. The lowest BCUT2D eigenvalue weighted by atomic mass is 9.88. The van der Waals surface area contributed by atoms with E-state index in [0.717, 1.165) is 17.4 Å². The van der Waals surface area contributed by atoms with Gasteiger partial charge in [-0.2, -0.15) is 0 Å². The fourth-order valence-corrected chi connectivity index (χ4v) is 3.99. The third-order valence-electron chi connectivity index (χ3n) is 5.79. The summed E-state index contributed by atoms with van der Waals surface area (Å²) < 4.78 is 1.16. The number of aliphatic hydroxyl groups excluding tert-OH is 1. The monoisotopic (exact) mass is 415 g/mol. The van der Waals surface area contributed by atoms with Crippen LogP contribution in [0.2, 0.25) is 0 Å². The minimum absolute atomic E-state index is 0.167. The summed E-state index contributed by atoms with van der Waals surface area (Å²) in [5.41, 5.74) is -0.644. The highest BCUT2D eigenvalue weighted by atomic mass is 16.4. The molecular formula is C25H53NO3. The van der Waals surface area contributed by atoms with Gasteiger partial charge in [0.05, 0.1) is 19.6 Å². The van der Waals surface area contributed by atoms with Crippen LogP contribution in [0, 0.1) is 5.41 Å². The fraction of sp³-hybridized carbons (Fsp3) is 0.960. The van der Waals surface area contributed by atoms with E-state index in [4.69, 9.17) is 0 Å². The van der Waals surface area contributed by atoms with Gasteiger partial charge in [-0.1, -0.05) is 67.2 Å². The molecular weight excluding hydrogens is 362 g/mol. The average molecular weight is 416 g/mol. The first kappa shape index (κ1) is 30.6. The van der Waals surface area contributed by atoms with E-state index in [1.165, 1.54) is 77.4 Å². The normalized spacial score (nSPS) is 13.0. The Hall–Kier alpha value is -0.610. The van der Waals surface area contributed by atoms with Crippen molar-refractivity contribution in [2.75, 3.05) is 26.2 Å². The van der Waals surface area contributed by atoms with Crippen LogP contribution >= 0.6 is 0 Å². The van der Waals surface area contributed by atoms with Crippen LogP contribution in [-0.2, 0) is 4.79 Å². The van der Waals surface area contributed by atoms with Gasteiger partial charge < -0.3 is 19.5 Å². The second-order valence-electron chi connectivity index (χ2n) is 9.59. The summed E-state index contributed by atoms with van der Waals surface area (Å²) in [6.07, 6.45) is 13.3. The van der Waals surface area contributed by atoms with E-state index >= 15 is 0 Å². The number of quaternary nitrogens is 1. The van der Waals surface area contributed by atoms with Gasteiger partial charge >= 0.3 is 0 Å². The van der Waals surface area contributed by atoms with Gasteiger partial charge in [-0.05, 0) is 51.9 Å². The number of aliphatic carboxylic acids is 1. The topological polar surface area (TPSA) is 60.4 Å². The number of carboxylic acid groups (broad SMARTS) is 1. The molecule has 1 unspecified atom stereocenters. The maximum absolute atomic E-state index is 10.3. The van der Waals surface area contributed by atoms with Crippen LogP contribution in [0.5, 0.6) is 0 Å². The summed E-state index contributed by atoms with van der Waals surface area (Å²) in [4.78, 5) is 10.3. The lowest BCUT2D eigenvalue weighted by molar-refractivity contribution is -0.931. The Morgan fingerprint density at radius 3 is 1.41 bits per heavy atom. The van der Waals surface area contributed by atoms with Gasteiger partial charge in [0.1, 0.15) is 12.6 Å². The molecule has 0 aliphatic rings. The summed E-state index contributed by atoms with van der Waals surface area (Å²) in [7, 11) is 0. The van der Waals surface area contributed by atoms with Crippen molar-refractivity contribution < 1.29 is 19.5 Å². The number of nitrogens with zero attached hydrogens (tertiary/aromatic N) is 1. The van der Waals surface area contributed by atoms with Gasteiger partial charge in [0, 0.05) is 11.4 Å². The lowest BCUT2D eigenvalue weighted by Gasteiger charge is -2.40. The fourth-order valence-electron chi connectivity index (χ4n) is 3.99. The molecule has 0 saturated heterocycles. The van der Waals surface area contributed by atoms with Crippen molar-refractivity contribution in [2.24, 2.45) is 5.41 Å². The second-order valence-corrected chi connectivity index (χ2v) is 9.59. The smallest absolute Gasteiger partial charge is 0.105 e. The zero-order valence-corrected chi connectivity index (χ0v) is 20.9. The quantitative estimate of drug-likeness (QED) is 0.258. The molecule has 0 aliphatic heterocycles. The van der Waals surface area contributed by atoms with Gasteiger partial charge in [0.2, 0.25) is 0 Å². The number of unbranched alkanes of at least 4 members (excludes halogenated alkanes) is 6. The van der Waals surface area contributed by atoms with E-state index in [0.29, 0.717) is 6.42 Å². The number of aliphatic hydroxyl groups is 1. The SMILES string of the molecule is CCCC(C)(C)C(=O)[O-].CCCCC[N+](CCCCC)(CCCCC)CC(C)O. The standard InChI is InChI=1S/C18H40NO.C7H14O2/c1-5-8-11-14-19(17-18(4)20,15-12-9-6-2)16-13-10-7-3;1-4-5-7(2,3)6(8)9/h18,20H,5-17H2,1-4H3;4-5H2,1-3H3,(H,8,9)/q+1;/p-1. The van der Waals surface area contributed by atoms with Gasteiger partial charge in [-0.3, -0.25) is 0 Å². The Morgan fingerprint density at radius 2 is 1.21 bits per heavy atom. The number of hydrogen-bond acceptors (Lipinski definition) is 3. The predicted molar refractivity (Wildman–Crippen MR) is 124 cm³/mol. The summed E-state index contributed by atoms with van der Waals surface area (Å²) in [5, 5.41) is 20.2. The van der Waals surface area contributed by atoms with Crippen molar-refractivity contribution in [3.05, 3.63) is 0 Å². The first-order chi connectivity index (χ1) is 13.6. The highest BCUT2D eigenvalue weighted by molar-refractivity contribution is 5.71. The summed E-state index contributed by atoms with van der Waals surface area (Å²) >= 11 is 0. The van der Waals surface area contributed by atoms with Gasteiger partial charge in [-0.15, -0.1) is 0 Å². The molecule has 0 saturated carbocycles. The maximum Gasteiger partial charge on any atom is 0.105 e. The Morgan fingerprint density at radius 1 is 0.828 bits per heavy atom. The van der Waals surface area contributed by atoms with Gasteiger partial charge in [-0.25, -0.2) is 0 Å². The van der Waals surface area contributed by atoms with Crippen molar-refractivity contribution in [3.63, 3.8) is 0 Å². The molecule has 1 atom stereocenters. The van der Waals surface area contributed by atoms with E-state index in [1.54, 1.807) is 13.8 Å². The molecule has 0 heterocycles. The molecule has 0 bridgehead atoms. The van der Waals surface area contributed by atoms with Crippen molar-refractivity contribution >= 4 is 5.97 Å². The lowest BCUT2D eigenvalue weighted by Crippen LogP contribution is -2.53. The summed E-state index contributed by atoms with van der Waals surface area (Å²) in [5.74, 6) is -0.954. The van der Waals surface area contributed by atoms with E-state index < -0.39 is 11.4 Å². The van der Waals surface area contributed by atoms with Gasteiger partial charge in [0.25, 0.3) is 0 Å². The zero-order valence-electron chi connectivity index (χ0n) is 20.9. The largest absolute Gasteiger partial charge is 0.550 e. The molecule has 29 heavy (non-hydrogen) atoms. The van der Waals surface area contributed by atoms with E-state index in [-0.39, 0.29) is 6.10 Å². The number of rotatable bonds is 17. The minimum Gasteiger partial charge on any atom is -0.550 e. The highest BCUT2D eigenvalue weighted by Gasteiger charge is 2.27. The Labute approximate surface area is 182 Å². The number of carbonyl (C=O) groups is 1. The predicted octanol–water partition coefficient (Wildman–Crippen LogP) is 5.32.